The summed E-state index contributed by atoms with van der Waals surface area (Å²) in [4.78, 5) is 14.9. The quantitative estimate of drug-likeness (QED) is 0.728. The van der Waals surface area contributed by atoms with Crippen molar-refractivity contribution in [2.24, 2.45) is 10.7 Å². The third kappa shape index (κ3) is 1.92. The van der Waals surface area contributed by atoms with Crippen LogP contribution in [0.1, 0.15) is 17.3 Å². The maximum atomic E-state index is 10.7. The number of aldehydes is 1. The van der Waals surface area contributed by atoms with Gasteiger partial charge in [0.1, 0.15) is 6.29 Å². The van der Waals surface area contributed by atoms with Crippen molar-refractivity contribution in [2.75, 3.05) is 0 Å². The third-order valence-corrected chi connectivity index (χ3v) is 2.98. The molecule has 16 heavy (non-hydrogen) atoms. The van der Waals surface area contributed by atoms with Crippen molar-refractivity contribution in [3.05, 3.63) is 45.6 Å². The first-order valence-electron chi connectivity index (χ1n) is 4.84. The van der Waals surface area contributed by atoms with E-state index in [0.29, 0.717) is 10.6 Å². The van der Waals surface area contributed by atoms with Gasteiger partial charge in [-0.05, 0) is 30.3 Å². The van der Waals surface area contributed by atoms with Gasteiger partial charge in [0, 0.05) is 11.8 Å². The Morgan fingerprint density at radius 1 is 1.50 bits per heavy atom. The van der Waals surface area contributed by atoms with Crippen LogP contribution < -0.4 is 16.3 Å². The topological polar surface area (TPSA) is 55.5 Å². The van der Waals surface area contributed by atoms with E-state index in [9.17, 15) is 4.79 Å². The number of carbonyl (C=O) groups excluding carboxylic acids is 1. The van der Waals surface area contributed by atoms with Gasteiger partial charge in [0.15, 0.2) is 0 Å². The second kappa shape index (κ2) is 3.85. The van der Waals surface area contributed by atoms with E-state index in [-0.39, 0.29) is 0 Å². The van der Waals surface area contributed by atoms with Crippen molar-refractivity contribution in [3.63, 3.8) is 0 Å². The lowest BCUT2D eigenvalue weighted by atomic mass is 10.0. The van der Waals surface area contributed by atoms with Crippen LogP contribution in [0, 0.1) is 0 Å². The maximum absolute atomic E-state index is 10.7. The SMILES string of the molecule is CC1(N)C=c2cc(C=O)ccc2=NC=C1Cl. The fourth-order valence-corrected chi connectivity index (χ4v) is 1.64. The minimum Gasteiger partial charge on any atom is -0.318 e. The number of carbonyl (C=O) groups is 1. The second-order valence-corrected chi connectivity index (χ2v) is 4.38. The molecule has 1 aromatic carbocycles. The van der Waals surface area contributed by atoms with Crippen molar-refractivity contribution >= 4 is 24.0 Å². The Morgan fingerprint density at radius 3 is 2.94 bits per heavy atom. The minimum atomic E-state index is -0.752. The average Bonchev–Trinajstić information content (AvgIpc) is 2.36. The number of halogens is 1. The Bertz CT molecular complexity index is 588. The number of hydrogen-bond donors (Lipinski definition) is 1. The van der Waals surface area contributed by atoms with Crippen molar-refractivity contribution < 1.29 is 4.79 Å². The molecular formula is C12H11ClN2O. The number of nitrogens with zero attached hydrogens (tertiary/aromatic N) is 1. The molecule has 1 heterocycles. The summed E-state index contributed by atoms with van der Waals surface area (Å²) in [6.07, 6.45) is 4.15. The van der Waals surface area contributed by atoms with Gasteiger partial charge in [0.2, 0.25) is 0 Å². The van der Waals surface area contributed by atoms with Crippen LogP contribution in [-0.2, 0) is 0 Å². The number of nitrogens with two attached hydrogens (primary N) is 1. The molecule has 1 unspecified atom stereocenters. The lowest BCUT2D eigenvalue weighted by Crippen LogP contribution is -2.37. The zero-order valence-corrected chi connectivity index (χ0v) is 9.53. The highest BCUT2D eigenvalue weighted by atomic mass is 35.5. The summed E-state index contributed by atoms with van der Waals surface area (Å²) in [7, 11) is 0. The number of rotatable bonds is 1. The highest BCUT2D eigenvalue weighted by molar-refractivity contribution is 6.31. The molecule has 3 nitrogen and oxygen atoms in total. The summed E-state index contributed by atoms with van der Waals surface area (Å²) in [5.41, 5.74) is 5.87. The summed E-state index contributed by atoms with van der Waals surface area (Å²) in [6, 6.07) is 5.24. The molecule has 0 fully saturated rings. The molecule has 1 aliphatic rings. The Labute approximate surface area is 97.9 Å². The number of hydrogen-bond acceptors (Lipinski definition) is 3. The largest absolute Gasteiger partial charge is 0.318 e. The van der Waals surface area contributed by atoms with Gasteiger partial charge >= 0.3 is 0 Å². The summed E-state index contributed by atoms with van der Waals surface area (Å²) in [5.74, 6) is 0. The second-order valence-electron chi connectivity index (χ2n) is 3.97. The first kappa shape index (κ1) is 11.0. The van der Waals surface area contributed by atoms with Gasteiger partial charge in [-0.3, -0.25) is 9.79 Å². The zero-order valence-electron chi connectivity index (χ0n) is 8.77. The van der Waals surface area contributed by atoms with E-state index in [1.165, 1.54) is 0 Å². The molecule has 1 aliphatic heterocycles. The van der Waals surface area contributed by atoms with Crippen LogP contribution in [0.3, 0.4) is 0 Å². The molecule has 4 heteroatoms. The van der Waals surface area contributed by atoms with Crippen LogP contribution >= 0.6 is 11.6 Å². The summed E-state index contributed by atoms with van der Waals surface area (Å²) >= 11 is 6.02. The van der Waals surface area contributed by atoms with Crippen LogP contribution in [0.4, 0.5) is 0 Å². The van der Waals surface area contributed by atoms with Crippen LogP contribution in [0.2, 0.25) is 0 Å². The van der Waals surface area contributed by atoms with Crippen LogP contribution in [0.15, 0.2) is 34.4 Å². The van der Waals surface area contributed by atoms with Gasteiger partial charge in [-0.15, -0.1) is 0 Å². The number of benzene rings is 1. The van der Waals surface area contributed by atoms with Crippen molar-refractivity contribution in [1.82, 2.24) is 0 Å². The minimum absolute atomic E-state index is 0.469. The molecule has 0 saturated carbocycles. The molecule has 0 radical (unpaired) electrons. The van der Waals surface area contributed by atoms with Gasteiger partial charge in [-0.2, -0.15) is 0 Å². The predicted molar refractivity (Wildman–Crippen MR) is 63.6 cm³/mol. The standard InChI is InChI=1S/C12H11ClN2O/c1-12(14)5-9-4-8(7-16)2-3-10(9)15-6-11(12)13/h2-7H,14H2,1H3. The molecule has 82 valence electrons. The van der Waals surface area contributed by atoms with Gasteiger partial charge in [0.25, 0.3) is 0 Å². The molecular weight excluding hydrogens is 224 g/mol. The van der Waals surface area contributed by atoms with E-state index < -0.39 is 5.54 Å². The van der Waals surface area contributed by atoms with Gasteiger partial charge in [-0.1, -0.05) is 17.7 Å². The third-order valence-electron chi connectivity index (χ3n) is 2.47. The normalized spacial score (nSPS) is 23.3. The summed E-state index contributed by atoms with van der Waals surface area (Å²) in [6.45, 7) is 1.80. The molecule has 0 aliphatic carbocycles. The highest BCUT2D eigenvalue weighted by Crippen LogP contribution is 2.19. The van der Waals surface area contributed by atoms with Gasteiger partial charge < -0.3 is 5.73 Å². The molecule has 0 aromatic heterocycles. The van der Waals surface area contributed by atoms with E-state index in [1.54, 1.807) is 31.3 Å². The van der Waals surface area contributed by atoms with E-state index >= 15 is 0 Å². The molecule has 0 saturated heterocycles. The molecule has 2 N–H and O–H groups in total. The fraction of sp³-hybridized carbons (Fsp3) is 0.167. The average molecular weight is 235 g/mol. The smallest absolute Gasteiger partial charge is 0.150 e. The maximum Gasteiger partial charge on any atom is 0.150 e. The predicted octanol–water partition coefficient (Wildman–Crippen LogP) is 0.710. The zero-order chi connectivity index (χ0) is 11.8. The Morgan fingerprint density at radius 2 is 2.25 bits per heavy atom. The van der Waals surface area contributed by atoms with E-state index in [1.807, 2.05) is 6.08 Å². The monoisotopic (exact) mass is 234 g/mol. The van der Waals surface area contributed by atoms with Crippen LogP contribution in [-0.4, -0.2) is 11.8 Å². The Balaban J connectivity index is 2.77. The van der Waals surface area contributed by atoms with Crippen molar-refractivity contribution in [2.45, 2.75) is 12.5 Å². The number of fused-ring (bicyclic) bond motifs is 1. The van der Waals surface area contributed by atoms with E-state index in [0.717, 1.165) is 16.9 Å². The lowest BCUT2D eigenvalue weighted by molar-refractivity contribution is 0.112. The van der Waals surface area contributed by atoms with E-state index in [2.05, 4.69) is 4.99 Å². The molecule has 1 aromatic rings. The molecule has 2 rings (SSSR count). The molecule has 0 spiro atoms. The molecule has 0 amide bonds. The first-order chi connectivity index (χ1) is 7.53. The van der Waals surface area contributed by atoms with E-state index in [4.69, 9.17) is 17.3 Å². The fourth-order valence-electron chi connectivity index (χ4n) is 1.54. The van der Waals surface area contributed by atoms with Crippen LogP contribution in [0.25, 0.3) is 6.08 Å². The molecule has 0 bridgehead atoms. The van der Waals surface area contributed by atoms with Gasteiger partial charge in [0.05, 0.1) is 15.9 Å². The first-order valence-corrected chi connectivity index (χ1v) is 5.22. The van der Waals surface area contributed by atoms with Crippen molar-refractivity contribution in [1.29, 1.82) is 0 Å². The highest BCUT2D eigenvalue weighted by Gasteiger charge is 2.20. The summed E-state index contributed by atoms with van der Waals surface area (Å²) in [5, 5.41) is 2.05. The van der Waals surface area contributed by atoms with Gasteiger partial charge in [-0.25, -0.2) is 0 Å². The molecule has 1 atom stereocenters. The lowest BCUT2D eigenvalue weighted by Gasteiger charge is -2.17. The Hall–Kier alpha value is -1.45. The Kier molecular flexibility index (Phi) is 2.66. The van der Waals surface area contributed by atoms with Crippen molar-refractivity contribution in [3.8, 4) is 0 Å². The van der Waals surface area contributed by atoms with Crippen LogP contribution in [0.5, 0.6) is 0 Å². The summed E-state index contributed by atoms with van der Waals surface area (Å²) < 4.78 is 0.